The standard InChI is InChI=1S/C19H26N2O3/c22-19(12-21-9-3-5-15-4-1-2-6-16(15)21)20-11-14-7-8-17-18(10-14)24-13-23-17/h7-8,10,15-16H,1-6,9,11-13H2,(H,20,22)/p+1/t15-,16+/m1/s1. The number of amides is 1. The highest BCUT2D eigenvalue weighted by Crippen LogP contribution is 2.32. The Morgan fingerprint density at radius 3 is 2.92 bits per heavy atom. The molecule has 1 amide bonds. The van der Waals surface area contributed by atoms with Crippen LogP contribution < -0.4 is 19.7 Å². The SMILES string of the molecule is O=C(C[NH+]1CCC[C@H]2CCCC[C@@H]21)NCc1ccc2c(c1)OCO2. The third kappa shape index (κ3) is 3.36. The van der Waals surface area contributed by atoms with E-state index in [1.165, 1.54) is 43.4 Å². The number of carbonyl (C=O) groups excluding carboxylic acids is 1. The van der Waals surface area contributed by atoms with Gasteiger partial charge in [0.1, 0.15) is 0 Å². The van der Waals surface area contributed by atoms with Crippen LogP contribution in [0.2, 0.25) is 0 Å². The normalized spacial score (nSPS) is 28.2. The summed E-state index contributed by atoms with van der Waals surface area (Å²) in [7, 11) is 0. The summed E-state index contributed by atoms with van der Waals surface area (Å²) in [6.07, 6.45) is 8.02. The van der Waals surface area contributed by atoms with Gasteiger partial charge in [-0.05, 0) is 49.8 Å². The molecule has 2 N–H and O–H groups in total. The third-order valence-corrected chi connectivity index (χ3v) is 5.82. The van der Waals surface area contributed by atoms with Crippen molar-refractivity contribution >= 4 is 5.91 Å². The molecule has 2 aliphatic heterocycles. The van der Waals surface area contributed by atoms with Gasteiger partial charge in [0.25, 0.3) is 5.91 Å². The Kier molecular flexibility index (Phi) is 4.60. The number of carbonyl (C=O) groups is 1. The van der Waals surface area contributed by atoms with Crippen molar-refractivity contribution in [1.29, 1.82) is 0 Å². The van der Waals surface area contributed by atoms with Gasteiger partial charge in [0.05, 0.1) is 12.6 Å². The summed E-state index contributed by atoms with van der Waals surface area (Å²) < 4.78 is 10.7. The maximum absolute atomic E-state index is 12.4. The number of hydrogen-bond acceptors (Lipinski definition) is 3. The Hall–Kier alpha value is -1.75. The molecule has 2 heterocycles. The molecule has 1 saturated carbocycles. The van der Waals surface area contributed by atoms with E-state index in [1.807, 2.05) is 18.2 Å². The number of rotatable bonds is 4. The van der Waals surface area contributed by atoms with E-state index in [9.17, 15) is 4.79 Å². The number of nitrogens with one attached hydrogen (secondary N) is 2. The molecule has 1 aromatic carbocycles. The van der Waals surface area contributed by atoms with Crippen molar-refractivity contribution in [2.75, 3.05) is 19.9 Å². The Morgan fingerprint density at radius 1 is 1.12 bits per heavy atom. The van der Waals surface area contributed by atoms with E-state index < -0.39 is 0 Å². The highest BCUT2D eigenvalue weighted by molar-refractivity contribution is 5.76. The minimum absolute atomic E-state index is 0.161. The minimum atomic E-state index is 0.161. The van der Waals surface area contributed by atoms with Gasteiger partial charge in [-0.1, -0.05) is 12.5 Å². The van der Waals surface area contributed by atoms with E-state index in [0.29, 0.717) is 19.1 Å². The molecule has 1 aliphatic carbocycles. The van der Waals surface area contributed by atoms with Crippen molar-refractivity contribution in [3.8, 4) is 11.5 Å². The fraction of sp³-hybridized carbons (Fsp3) is 0.632. The largest absolute Gasteiger partial charge is 0.454 e. The molecule has 3 aliphatic rings. The van der Waals surface area contributed by atoms with E-state index in [2.05, 4.69) is 5.32 Å². The Bertz CT molecular complexity index is 602. The average molecular weight is 331 g/mol. The minimum Gasteiger partial charge on any atom is -0.454 e. The first kappa shape index (κ1) is 15.8. The Balaban J connectivity index is 1.30. The monoisotopic (exact) mass is 331 g/mol. The first-order valence-corrected chi connectivity index (χ1v) is 9.29. The lowest BCUT2D eigenvalue weighted by Gasteiger charge is -2.40. The van der Waals surface area contributed by atoms with E-state index in [4.69, 9.17) is 9.47 Å². The van der Waals surface area contributed by atoms with Gasteiger partial charge in [-0.15, -0.1) is 0 Å². The topological polar surface area (TPSA) is 52.0 Å². The van der Waals surface area contributed by atoms with Gasteiger partial charge in [-0.2, -0.15) is 0 Å². The molecule has 5 nitrogen and oxygen atoms in total. The first-order chi connectivity index (χ1) is 11.8. The highest BCUT2D eigenvalue weighted by Gasteiger charge is 2.37. The summed E-state index contributed by atoms with van der Waals surface area (Å²) in [6, 6.07) is 6.56. The molecule has 3 atom stereocenters. The van der Waals surface area contributed by atoms with Gasteiger partial charge in [0, 0.05) is 12.5 Å². The highest BCUT2D eigenvalue weighted by atomic mass is 16.7. The van der Waals surface area contributed by atoms with Crippen LogP contribution in [-0.4, -0.2) is 31.8 Å². The quantitative estimate of drug-likeness (QED) is 0.874. The number of hydrogen-bond donors (Lipinski definition) is 2. The van der Waals surface area contributed by atoms with E-state index in [0.717, 1.165) is 29.5 Å². The molecular formula is C19H27N2O3+. The van der Waals surface area contributed by atoms with Crippen LogP contribution in [0.1, 0.15) is 44.1 Å². The van der Waals surface area contributed by atoms with Crippen molar-refractivity contribution in [2.24, 2.45) is 5.92 Å². The summed E-state index contributed by atoms with van der Waals surface area (Å²) in [5.74, 6) is 2.57. The zero-order chi connectivity index (χ0) is 16.4. The second-order valence-corrected chi connectivity index (χ2v) is 7.34. The fourth-order valence-corrected chi connectivity index (χ4v) is 4.61. The van der Waals surface area contributed by atoms with Crippen LogP contribution in [0.4, 0.5) is 0 Å². The van der Waals surface area contributed by atoms with Crippen molar-refractivity contribution < 1.29 is 19.2 Å². The summed E-state index contributed by atoms with van der Waals surface area (Å²) in [5, 5.41) is 3.08. The lowest BCUT2D eigenvalue weighted by Crippen LogP contribution is -3.18. The fourth-order valence-electron chi connectivity index (χ4n) is 4.61. The van der Waals surface area contributed by atoms with Crippen LogP contribution in [0.15, 0.2) is 18.2 Å². The van der Waals surface area contributed by atoms with Gasteiger partial charge in [-0.3, -0.25) is 4.79 Å². The number of benzene rings is 1. The first-order valence-electron chi connectivity index (χ1n) is 9.29. The molecule has 0 aromatic heterocycles. The number of likely N-dealkylation sites (tertiary alicyclic amines) is 1. The molecule has 0 radical (unpaired) electrons. The second-order valence-electron chi connectivity index (χ2n) is 7.34. The van der Waals surface area contributed by atoms with Crippen LogP contribution in [0, 0.1) is 5.92 Å². The third-order valence-electron chi connectivity index (χ3n) is 5.82. The summed E-state index contributed by atoms with van der Waals surface area (Å²) >= 11 is 0. The van der Waals surface area contributed by atoms with Crippen molar-refractivity contribution in [3.05, 3.63) is 23.8 Å². The van der Waals surface area contributed by atoms with Crippen molar-refractivity contribution in [1.82, 2.24) is 5.32 Å². The number of ether oxygens (including phenoxy) is 2. The molecule has 24 heavy (non-hydrogen) atoms. The number of fused-ring (bicyclic) bond motifs is 2. The molecule has 2 fully saturated rings. The van der Waals surface area contributed by atoms with Crippen LogP contribution in [0.5, 0.6) is 11.5 Å². The van der Waals surface area contributed by atoms with Crippen LogP contribution >= 0.6 is 0 Å². The van der Waals surface area contributed by atoms with Crippen molar-refractivity contribution in [3.63, 3.8) is 0 Å². The van der Waals surface area contributed by atoms with Crippen LogP contribution in [-0.2, 0) is 11.3 Å². The van der Waals surface area contributed by atoms with Gasteiger partial charge in [-0.25, -0.2) is 0 Å². The Morgan fingerprint density at radius 2 is 1.96 bits per heavy atom. The summed E-state index contributed by atoms with van der Waals surface area (Å²) in [6.45, 7) is 2.60. The summed E-state index contributed by atoms with van der Waals surface area (Å²) in [5.41, 5.74) is 1.05. The Labute approximate surface area is 143 Å². The molecule has 1 saturated heterocycles. The van der Waals surface area contributed by atoms with E-state index >= 15 is 0 Å². The lowest BCUT2D eigenvalue weighted by molar-refractivity contribution is -0.928. The smallest absolute Gasteiger partial charge is 0.275 e. The molecule has 0 spiro atoms. The maximum atomic E-state index is 12.4. The van der Waals surface area contributed by atoms with Crippen LogP contribution in [0.3, 0.4) is 0 Å². The zero-order valence-electron chi connectivity index (χ0n) is 14.2. The number of piperidine rings is 1. The second kappa shape index (κ2) is 7.01. The molecule has 1 unspecified atom stereocenters. The molecule has 0 bridgehead atoms. The van der Waals surface area contributed by atoms with Gasteiger partial charge in [0.15, 0.2) is 18.0 Å². The molecule has 4 rings (SSSR count). The maximum Gasteiger partial charge on any atom is 0.275 e. The summed E-state index contributed by atoms with van der Waals surface area (Å²) in [4.78, 5) is 13.9. The molecule has 5 heteroatoms. The lowest BCUT2D eigenvalue weighted by atomic mass is 9.78. The zero-order valence-corrected chi connectivity index (χ0v) is 14.2. The van der Waals surface area contributed by atoms with Gasteiger partial charge < -0.3 is 19.7 Å². The molecule has 1 aromatic rings. The number of quaternary nitrogens is 1. The van der Waals surface area contributed by atoms with Crippen LogP contribution in [0.25, 0.3) is 0 Å². The predicted octanol–water partition coefficient (Wildman–Crippen LogP) is 1.27. The van der Waals surface area contributed by atoms with Gasteiger partial charge in [0.2, 0.25) is 6.79 Å². The predicted molar refractivity (Wildman–Crippen MR) is 90.1 cm³/mol. The van der Waals surface area contributed by atoms with E-state index in [-0.39, 0.29) is 12.7 Å². The average Bonchev–Trinajstić information content (AvgIpc) is 3.08. The van der Waals surface area contributed by atoms with Gasteiger partial charge >= 0.3 is 0 Å². The van der Waals surface area contributed by atoms with Crippen molar-refractivity contribution in [2.45, 2.75) is 51.1 Å². The molecule has 130 valence electrons. The van der Waals surface area contributed by atoms with E-state index in [1.54, 1.807) is 0 Å². The molecular weight excluding hydrogens is 304 g/mol.